The van der Waals surface area contributed by atoms with Gasteiger partial charge >= 0.3 is 0 Å². The van der Waals surface area contributed by atoms with Gasteiger partial charge in [-0.2, -0.15) is 0 Å². The molecule has 0 spiro atoms. The van der Waals surface area contributed by atoms with Crippen molar-refractivity contribution in [2.75, 3.05) is 0 Å². The van der Waals surface area contributed by atoms with Crippen molar-refractivity contribution in [3.05, 3.63) is 134 Å². The van der Waals surface area contributed by atoms with Crippen LogP contribution < -0.4 is 0 Å². The highest BCUT2D eigenvalue weighted by Crippen LogP contribution is 2.43. The van der Waals surface area contributed by atoms with Crippen LogP contribution in [0.3, 0.4) is 0 Å². The van der Waals surface area contributed by atoms with Gasteiger partial charge in [0.15, 0.2) is 17.5 Å². The van der Waals surface area contributed by atoms with Crippen molar-refractivity contribution in [1.29, 1.82) is 0 Å². The maximum absolute atomic E-state index is 5.19. The van der Waals surface area contributed by atoms with Gasteiger partial charge in [-0.3, -0.25) is 9.97 Å². The number of nitrogens with zero attached hydrogens (tertiary/aromatic N) is 6. The molecule has 0 fully saturated rings. The number of rotatable bonds is 4. The molecule has 0 saturated heterocycles. The minimum Gasteiger partial charge on any atom is -0.264 e. The molecule has 5 aromatic heterocycles. The fourth-order valence-electron chi connectivity index (χ4n) is 5.97. The van der Waals surface area contributed by atoms with Crippen molar-refractivity contribution in [3.8, 4) is 45.4 Å². The Balaban J connectivity index is 1.21. The van der Waals surface area contributed by atoms with E-state index in [1.165, 1.54) is 30.9 Å². The van der Waals surface area contributed by atoms with Gasteiger partial charge in [0.2, 0.25) is 0 Å². The number of aromatic nitrogens is 6. The van der Waals surface area contributed by atoms with E-state index >= 15 is 0 Å². The van der Waals surface area contributed by atoms with Crippen molar-refractivity contribution in [1.82, 2.24) is 29.9 Å². The zero-order valence-corrected chi connectivity index (χ0v) is 24.6. The van der Waals surface area contributed by atoms with Crippen molar-refractivity contribution >= 4 is 53.2 Å². The first-order valence-corrected chi connectivity index (χ1v) is 15.4. The summed E-state index contributed by atoms with van der Waals surface area (Å²) >= 11 is 1.85. The van der Waals surface area contributed by atoms with Gasteiger partial charge in [0, 0.05) is 83.4 Å². The zero-order valence-electron chi connectivity index (χ0n) is 23.8. The van der Waals surface area contributed by atoms with Crippen molar-refractivity contribution in [2.45, 2.75) is 0 Å². The summed E-state index contributed by atoms with van der Waals surface area (Å²) in [6.45, 7) is 0. The van der Waals surface area contributed by atoms with Crippen LogP contribution in [0.1, 0.15) is 0 Å². The van der Waals surface area contributed by atoms with Gasteiger partial charge in [-0.25, -0.2) is 19.9 Å². The van der Waals surface area contributed by atoms with E-state index in [-0.39, 0.29) is 0 Å². The highest BCUT2D eigenvalue weighted by molar-refractivity contribution is 7.26. The molecule has 0 aliphatic rings. The van der Waals surface area contributed by atoms with E-state index in [1.807, 2.05) is 35.6 Å². The summed E-state index contributed by atoms with van der Waals surface area (Å²) in [7, 11) is 0. The molecule has 0 saturated carbocycles. The molecule has 4 aromatic carbocycles. The molecule has 0 aliphatic carbocycles. The third-order valence-electron chi connectivity index (χ3n) is 8.10. The lowest BCUT2D eigenvalue weighted by molar-refractivity contribution is 1.07. The predicted octanol–water partition coefficient (Wildman–Crippen LogP) is 9.40. The van der Waals surface area contributed by atoms with Crippen LogP contribution in [0.25, 0.3) is 87.3 Å². The molecular weight excluding hydrogens is 573 g/mol. The lowest BCUT2D eigenvalue weighted by Gasteiger charge is -2.12. The Kier molecular flexibility index (Phi) is 5.89. The van der Waals surface area contributed by atoms with Crippen LogP contribution in [0, 0.1) is 0 Å². The number of thiophene rings is 1. The number of benzene rings is 4. The summed E-state index contributed by atoms with van der Waals surface area (Å²) < 4.78 is 2.58. The Hall–Kier alpha value is -5.92. The standard InChI is InChI=1S/C38H22N6S/c1-3-11-31-29(10-1)33-30(18-17-28-27-9-2-4-12-32(27)45-35(28)33)34(41-31)23-13-15-24(16-14-23)36-42-37(25-7-5-19-39-21-25)44-38(43-36)26-8-6-20-40-22-26/h1-22H. The van der Waals surface area contributed by atoms with Gasteiger partial charge < -0.3 is 0 Å². The van der Waals surface area contributed by atoms with Gasteiger partial charge in [0.05, 0.1) is 11.2 Å². The molecule has 45 heavy (non-hydrogen) atoms. The van der Waals surface area contributed by atoms with Gasteiger partial charge in [-0.1, -0.05) is 72.8 Å². The van der Waals surface area contributed by atoms with E-state index in [0.29, 0.717) is 17.5 Å². The molecule has 0 radical (unpaired) electrons. The van der Waals surface area contributed by atoms with Crippen LogP contribution in [0.4, 0.5) is 0 Å². The van der Waals surface area contributed by atoms with Crippen LogP contribution in [0.2, 0.25) is 0 Å². The van der Waals surface area contributed by atoms with Crippen molar-refractivity contribution in [3.63, 3.8) is 0 Å². The Morgan fingerprint density at radius 3 is 1.71 bits per heavy atom. The Morgan fingerprint density at radius 2 is 1.02 bits per heavy atom. The number of hydrogen-bond acceptors (Lipinski definition) is 7. The normalized spacial score (nSPS) is 11.6. The highest BCUT2D eigenvalue weighted by Gasteiger charge is 2.17. The SMILES string of the molecule is c1cncc(-c2nc(-c3ccc(-c4nc5ccccc5c5c4ccc4c6ccccc6sc45)cc3)nc(-c3cccnc3)n2)c1. The van der Waals surface area contributed by atoms with E-state index in [2.05, 4.69) is 94.9 Å². The molecule has 9 aromatic rings. The lowest BCUT2D eigenvalue weighted by atomic mass is 9.97. The van der Waals surface area contributed by atoms with E-state index in [9.17, 15) is 0 Å². The van der Waals surface area contributed by atoms with E-state index in [1.54, 1.807) is 24.8 Å². The summed E-state index contributed by atoms with van der Waals surface area (Å²) in [5, 5.41) is 6.13. The first-order valence-electron chi connectivity index (χ1n) is 14.6. The number of pyridine rings is 3. The largest absolute Gasteiger partial charge is 0.264 e. The molecule has 0 unspecified atom stereocenters. The monoisotopic (exact) mass is 594 g/mol. The molecule has 0 aliphatic heterocycles. The quantitative estimate of drug-likeness (QED) is 0.189. The molecule has 210 valence electrons. The maximum Gasteiger partial charge on any atom is 0.165 e. The van der Waals surface area contributed by atoms with Gasteiger partial charge in [0.1, 0.15) is 0 Å². The predicted molar refractivity (Wildman–Crippen MR) is 183 cm³/mol. The fraction of sp³-hybridized carbons (Fsp3) is 0. The lowest BCUT2D eigenvalue weighted by Crippen LogP contribution is -2.00. The molecule has 7 heteroatoms. The Morgan fingerprint density at radius 1 is 0.422 bits per heavy atom. The van der Waals surface area contributed by atoms with Crippen molar-refractivity contribution < 1.29 is 0 Å². The molecule has 6 nitrogen and oxygen atoms in total. The second-order valence-electron chi connectivity index (χ2n) is 10.8. The van der Waals surface area contributed by atoms with Crippen LogP contribution in [-0.2, 0) is 0 Å². The molecule has 0 N–H and O–H groups in total. The second kappa shape index (κ2) is 10.4. The number of para-hydroxylation sites is 1. The Labute approximate surface area is 261 Å². The minimum absolute atomic E-state index is 0.561. The van der Waals surface area contributed by atoms with Gasteiger partial charge in [0.25, 0.3) is 0 Å². The smallest absolute Gasteiger partial charge is 0.165 e. The molecule has 0 amide bonds. The molecular formula is C38H22N6S. The zero-order chi connectivity index (χ0) is 29.7. The van der Waals surface area contributed by atoms with E-state index in [4.69, 9.17) is 19.9 Å². The first kappa shape index (κ1) is 25.6. The third-order valence-corrected chi connectivity index (χ3v) is 9.30. The number of fused-ring (bicyclic) bond motifs is 7. The van der Waals surface area contributed by atoms with Crippen LogP contribution in [-0.4, -0.2) is 29.9 Å². The summed E-state index contributed by atoms with van der Waals surface area (Å²) in [4.78, 5) is 28.2. The number of hydrogen-bond donors (Lipinski definition) is 0. The average molecular weight is 595 g/mol. The van der Waals surface area contributed by atoms with Crippen LogP contribution in [0.15, 0.2) is 134 Å². The summed E-state index contributed by atoms with van der Waals surface area (Å²) in [6.07, 6.45) is 7.00. The van der Waals surface area contributed by atoms with Crippen LogP contribution in [0.5, 0.6) is 0 Å². The fourth-order valence-corrected chi connectivity index (χ4v) is 7.23. The minimum atomic E-state index is 0.561. The highest BCUT2D eigenvalue weighted by atomic mass is 32.1. The molecule has 0 bridgehead atoms. The maximum atomic E-state index is 5.19. The van der Waals surface area contributed by atoms with E-state index < -0.39 is 0 Å². The van der Waals surface area contributed by atoms with Crippen LogP contribution >= 0.6 is 11.3 Å². The second-order valence-corrected chi connectivity index (χ2v) is 11.9. The summed E-state index contributed by atoms with van der Waals surface area (Å²) in [5.41, 5.74) is 5.49. The molecule has 9 rings (SSSR count). The molecule has 5 heterocycles. The topological polar surface area (TPSA) is 77.3 Å². The van der Waals surface area contributed by atoms with Gasteiger partial charge in [-0.05, 0) is 36.4 Å². The van der Waals surface area contributed by atoms with Crippen molar-refractivity contribution in [2.24, 2.45) is 0 Å². The summed E-state index contributed by atoms with van der Waals surface area (Å²) in [5.74, 6) is 1.70. The third kappa shape index (κ3) is 4.32. The first-order chi connectivity index (χ1) is 22.3. The average Bonchev–Trinajstić information content (AvgIpc) is 3.51. The molecule has 0 atom stereocenters. The Bertz CT molecular complexity index is 2470. The van der Waals surface area contributed by atoms with E-state index in [0.717, 1.165) is 38.9 Å². The van der Waals surface area contributed by atoms with Gasteiger partial charge in [-0.15, -0.1) is 11.3 Å². The summed E-state index contributed by atoms with van der Waals surface area (Å²) in [6, 6.07) is 37.5.